The molecule has 3 rings (SSSR count). The molecule has 3 nitrogen and oxygen atoms in total. The third-order valence-electron chi connectivity index (χ3n) is 4.55. The lowest BCUT2D eigenvalue weighted by Crippen LogP contribution is -2.40. The Morgan fingerprint density at radius 3 is 2.70 bits per heavy atom. The smallest absolute Gasteiger partial charge is 0.410 e. The van der Waals surface area contributed by atoms with Gasteiger partial charge < -0.3 is 9.64 Å². The Labute approximate surface area is 139 Å². The second-order valence-electron chi connectivity index (χ2n) is 7.57. The largest absolute Gasteiger partial charge is 0.444 e. The summed E-state index contributed by atoms with van der Waals surface area (Å²) in [5.74, 6) is 0. The van der Waals surface area contributed by atoms with Crippen LogP contribution in [-0.2, 0) is 17.7 Å². The molecule has 1 aromatic rings. The van der Waals surface area contributed by atoms with Crippen LogP contribution in [0.3, 0.4) is 0 Å². The standard InChI is InChI=1S/C20H27NO2/c1-20(2,3)23-19(22)21-13-12-18-16(14-21)10-7-11-17(18)15-8-5-4-6-9-15/h7-8,10-11H,4-6,9,12-14H2,1-3H3. The van der Waals surface area contributed by atoms with Crippen molar-refractivity contribution in [1.29, 1.82) is 0 Å². The van der Waals surface area contributed by atoms with Crippen molar-refractivity contribution in [2.45, 2.75) is 65.0 Å². The molecule has 0 N–H and O–H groups in total. The van der Waals surface area contributed by atoms with Crippen molar-refractivity contribution in [3.8, 4) is 0 Å². The second-order valence-corrected chi connectivity index (χ2v) is 7.57. The van der Waals surface area contributed by atoms with E-state index in [9.17, 15) is 4.79 Å². The highest BCUT2D eigenvalue weighted by molar-refractivity contribution is 5.72. The van der Waals surface area contributed by atoms with Crippen LogP contribution < -0.4 is 0 Å². The van der Waals surface area contributed by atoms with E-state index in [4.69, 9.17) is 4.74 Å². The third kappa shape index (κ3) is 3.77. The van der Waals surface area contributed by atoms with Crippen LogP contribution >= 0.6 is 0 Å². The molecular formula is C20H27NO2. The Morgan fingerprint density at radius 2 is 2.00 bits per heavy atom. The molecule has 0 unspecified atom stereocenters. The van der Waals surface area contributed by atoms with Crippen LogP contribution in [0.25, 0.3) is 5.57 Å². The van der Waals surface area contributed by atoms with Crippen LogP contribution in [0.15, 0.2) is 24.3 Å². The normalized spacial score (nSPS) is 18.2. The van der Waals surface area contributed by atoms with Gasteiger partial charge in [0.15, 0.2) is 0 Å². The van der Waals surface area contributed by atoms with Crippen molar-refractivity contribution in [2.75, 3.05) is 6.54 Å². The fraction of sp³-hybridized carbons (Fsp3) is 0.550. The number of hydrogen-bond donors (Lipinski definition) is 0. The summed E-state index contributed by atoms with van der Waals surface area (Å²) < 4.78 is 5.51. The monoisotopic (exact) mass is 313 g/mol. The minimum Gasteiger partial charge on any atom is -0.444 e. The molecule has 1 aliphatic carbocycles. The van der Waals surface area contributed by atoms with Crippen molar-refractivity contribution in [3.05, 3.63) is 41.0 Å². The summed E-state index contributed by atoms with van der Waals surface area (Å²) in [5.41, 5.74) is 5.17. The van der Waals surface area contributed by atoms with Crippen LogP contribution in [0, 0.1) is 0 Å². The van der Waals surface area contributed by atoms with Crippen molar-refractivity contribution in [1.82, 2.24) is 4.90 Å². The van der Waals surface area contributed by atoms with Crippen LogP contribution in [0.1, 0.15) is 63.1 Å². The maximum absolute atomic E-state index is 12.3. The van der Waals surface area contributed by atoms with Gasteiger partial charge in [0.25, 0.3) is 0 Å². The first-order valence-electron chi connectivity index (χ1n) is 8.72. The zero-order valence-electron chi connectivity index (χ0n) is 14.5. The first-order valence-corrected chi connectivity index (χ1v) is 8.72. The van der Waals surface area contributed by atoms with Crippen LogP contribution in [0.2, 0.25) is 0 Å². The predicted molar refractivity (Wildman–Crippen MR) is 93.2 cm³/mol. The molecule has 1 amide bonds. The van der Waals surface area contributed by atoms with Gasteiger partial charge in [-0.3, -0.25) is 0 Å². The Balaban J connectivity index is 1.80. The summed E-state index contributed by atoms with van der Waals surface area (Å²) >= 11 is 0. The number of amides is 1. The van der Waals surface area contributed by atoms with E-state index in [-0.39, 0.29) is 6.09 Å². The molecule has 0 fully saturated rings. The maximum atomic E-state index is 12.3. The molecule has 1 aromatic carbocycles. The Bertz CT molecular complexity index is 625. The van der Waals surface area contributed by atoms with Gasteiger partial charge in [-0.25, -0.2) is 4.79 Å². The minimum absolute atomic E-state index is 0.203. The van der Waals surface area contributed by atoms with E-state index in [0.29, 0.717) is 6.54 Å². The summed E-state index contributed by atoms with van der Waals surface area (Å²) in [4.78, 5) is 14.1. The summed E-state index contributed by atoms with van der Waals surface area (Å²) in [6, 6.07) is 6.53. The van der Waals surface area contributed by atoms with Crippen molar-refractivity contribution in [2.24, 2.45) is 0 Å². The van der Waals surface area contributed by atoms with Gasteiger partial charge in [0, 0.05) is 13.1 Å². The average molecular weight is 313 g/mol. The number of hydrogen-bond acceptors (Lipinski definition) is 2. The van der Waals surface area contributed by atoms with E-state index in [1.807, 2.05) is 25.7 Å². The molecule has 2 aliphatic rings. The van der Waals surface area contributed by atoms with Crippen molar-refractivity contribution >= 4 is 11.7 Å². The minimum atomic E-state index is -0.438. The Hall–Kier alpha value is -1.77. The maximum Gasteiger partial charge on any atom is 0.410 e. The number of carbonyl (C=O) groups excluding carboxylic acids is 1. The SMILES string of the molecule is CC(C)(C)OC(=O)N1CCc2c(cccc2C2=CCCCC2)C1. The number of fused-ring (bicyclic) bond motifs is 1. The molecule has 0 aromatic heterocycles. The molecule has 0 radical (unpaired) electrons. The van der Waals surface area contributed by atoms with Crippen LogP contribution in [0.5, 0.6) is 0 Å². The molecule has 23 heavy (non-hydrogen) atoms. The Morgan fingerprint density at radius 1 is 1.17 bits per heavy atom. The van der Waals surface area contributed by atoms with Gasteiger partial charge in [0.1, 0.15) is 5.60 Å². The number of carbonyl (C=O) groups is 1. The highest BCUT2D eigenvalue weighted by Gasteiger charge is 2.27. The second kappa shape index (κ2) is 6.38. The van der Waals surface area contributed by atoms with Gasteiger partial charge in [-0.15, -0.1) is 0 Å². The van der Waals surface area contributed by atoms with Gasteiger partial charge in [-0.2, -0.15) is 0 Å². The topological polar surface area (TPSA) is 29.5 Å². The fourth-order valence-corrected chi connectivity index (χ4v) is 3.48. The molecule has 1 heterocycles. The van der Waals surface area contributed by atoms with E-state index in [0.717, 1.165) is 13.0 Å². The molecule has 0 saturated heterocycles. The molecule has 0 atom stereocenters. The fourth-order valence-electron chi connectivity index (χ4n) is 3.48. The van der Waals surface area contributed by atoms with Gasteiger partial charge in [0.05, 0.1) is 0 Å². The first-order chi connectivity index (χ1) is 10.9. The van der Waals surface area contributed by atoms with Gasteiger partial charge in [-0.05, 0) is 75.1 Å². The lowest BCUT2D eigenvalue weighted by Gasteiger charge is -2.32. The summed E-state index contributed by atoms with van der Waals surface area (Å²) in [7, 11) is 0. The van der Waals surface area contributed by atoms with Gasteiger partial charge in [-0.1, -0.05) is 24.3 Å². The highest BCUT2D eigenvalue weighted by atomic mass is 16.6. The van der Waals surface area contributed by atoms with E-state index < -0.39 is 5.60 Å². The van der Waals surface area contributed by atoms with E-state index >= 15 is 0 Å². The number of benzene rings is 1. The molecule has 0 saturated carbocycles. The van der Waals surface area contributed by atoms with E-state index in [1.165, 1.54) is 47.9 Å². The summed E-state index contributed by atoms with van der Waals surface area (Å²) in [5, 5.41) is 0. The number of nitrogens with zero attached hydrogens (tertiary/aromatic N) is 1. The number of allylic oxidation sites excluding steroid dienone is 2. The lowest BCUT2D eigenvalue weighted by molar-refractivity contribution is 0.0224. The molecule has 3 heteroatoms. The summed E-state index contributed by atoms with van der Waals surface area (Å²) in [6.07, 6.45) is 8.10. The van der Waals surface area contributed by atoms with Gasteiger partial charge >= 0.3 is 6.09 Å². The molecule has 124 valence electrons. The lowest BCUT2D eigenvalue weighted by atomic mass is 9.86. The van der Waals surface area contributed by atoms with Crippen molar-refractivity contribution < 1.29 is 9.53 Å². The van der Waals surface area contributed by atoms with Gasteiger partial charge in [0.2, 0.25) is 0 Å². The van der Waals surface area contributed by atoms with Crippen LogP contribution in [0.4, 0.5) is 4.79 Å². The third-order valence-corrected chi connectivity index (χ3v) is 4.55. The average Bonchev–Trinajstić information content (AvgIpc) is 2.53. The molecular weight excluding hydrogens is 286 g/mol. The van der Waals surface area contributed by atoms with E-state index in [1.54, 1.807) is 0 Å². The van der Waals surface area contributed by atoms with E-state index in [2.05, 4.69) is 24.3 Å². The molecule has 0 spiro atoms. The number of ether oxygens (including phenoxy) is 1. The highest BCUT2D eigenvalue weighted by Crippen LogP contribution is 2.33. The number of rotatable bonds is 1. The Kier molecular flexibility index (Phi) is 4.47. The van der Waals surface area contributed by atoms with Crippen LogP contribution in [-0.4, -0.2) is 23.1 Å². The first kappa shape index (κ1) is 16.1. The predicted octanol–water partition coefficient (Wildman–Crippen LogP) is 4.94. The summed E-state index contributed by atoms with van der Waals surface area (Å²) in [6.45, 7) is 7.14. The molecule has 0 bridgehead atoms. The zero-order chi connectivity index (χ0) is 16.4. The quantitative estimate of drug-likeness (QED) is 0.735. The van der Waals surface area contributed by atoms with Crippen molar-refractivity contribution in [3.63, 3.8) is 0 Å². The zero-order valence-corrected chi connectivity index (χ0v) is 14.5. The molecule has 1 aliphatic heterocycles.